The van der Waals surface area contributed by atoms with Crippen molar-refractivity contribution in [3.63, 3.8) is 0 Å². The number of ether oxygens (including phenoxy) is 1. The van der Waals surface area contributed by atoms with Crippen LogP contribution in [0.5, 0.6) is 5.75 Å². The molecule has 0 saturated carbocycles. The Bertz CT molecular complexity index is 651. The van der Waals surface area contributed by atoms with Gasteiger partial charge in [0.15, 0.2) is 0 Å². The number of aliphatic carboxylic acids is 1. The van der Waals surface area contributed by atoms with Gasteiger partial charge in [0.05, 0.1) is 24.4 Å². The number of carboxylic acids is 1. The molecule has 0 radical (unpaired) electrons. The summed E-state index contributed by atoms with van der Waals surface area (Å²) in [5.74, 6) is -0.395. The van der Waals surface area contributed by atoms with E-state index in [2.05, 4.69) is 10.3 Å². The maximum atomic E-state index is 11.1. The maximum absolute atomic E-state index is 11.1. The molecule has 0 spiro atoms. The van der Waals surface area contributed by atoms with E-state index < -0.39 is 5.97 Å². The summed E-state index contributed by atoms with van der Waals surface area (Å²) in [6, 6.07) is 7.59. The van der Waals surface area contributed by atoms with Gasteiger partial charge in [-0.15, -0.1) is 5.10 Å². The molecule has 6 heteroatoms. The van der Waals surface area contributed by atoms with E-state index in [9.17, 15) is 4.79 Å². The normalized spacial score (nSPS) is 17.6. The van der Waals surface area contributed by atoms with Crippen molar-refractivity contribution in [1.82, 2.24) is 15.0 Å². The molecule has 1 heterocycles. The van der Waals surface area contributed by atoms with E-state index in [0.29, 0.717) is 19.3 Å². The molecular formula is C14H15N3O3. The van der Waals surface area contributed by atoms with Crippen LogP contribution in [0.4, 0.5) is 0 Å². The van der Waals surface area contributed by atoms with Crippen molar-refractivity contribution in [2.24, 2.45) is 5.92 Å². The lowest BCUT2D eigenvalue weighted by molar-refractivity contribution is -0.142. The Labute approximate surface area is 116 Å². The van der Waals surface area contributed by atoms with Crippen LogP contribution in [0.15, 0.2) is 24.3 Å². The highest BCUT2D eigenvalue weighted by Gasteiger charge is 2.29. The molecule has 0 amide bonds. The minimum atomic E-state index is -0.762. The van der Waals surface area contributed by atoms with Gasteiger partial charge in [0.1, 0.15) is 11.4 Å². The Kier molecular flexibility index (Phi) is 3.14. The first kappa shape index (κ1) is 12.7. The second-order valence-corrected chi connectivity index (χ2v) is 4.84. The number of nitrogens with zero attached hydrogens (tertiary/aromatic N) is 3. The van der Waals surface area contributed by atoms with Crippen molar-refractivity contribution >= 4 is 5.97 Å². The molecular weight excluding hydrogens is 258 g/mol. The van der Waals surface area contributed by atoms with Crippen LogP contribution in [0.3, 0.4) is 0 Å². The van der Waals surface area contributed by atoms with Crippen LogP contribution in [0.1, 0.15) is 17.8 Å². The average Bonchev–Trinajstić information content (AvgIpc) is 2.89. The number of benzene rings is 1. The third-order valence-corrected chi connectivity index (χ3v) is 3.68. The SMILES string of the molecule is COc1ccccc1-n1nnc2c1CCC(C(=O)O)C2. The number of aromatic nitrogens is 3. The summed E-state index contributed by atoms with van der Waals surface area (Å²) in [6.07, 6.45) is 1.72. The van der Waals surface area contributed by atoms with E-state index in [1.165, 1.54) is 0 Å². The average molecular weight is 273 g/mol. The van der Waals surface area contributed by atoms with E-state index >= 15 is 0 Å². The summed E-state index contributed by atoms with van der Waals surface area (Å²) in [6.45, 7) is 0. The fraction of sp³-hybridized carbons (Fsp3) is 0.357. The summed E-state index contributed by atoms with van der Waals surface area (Å²) < 4.78 is 7.09. The summed E-state index contributed by atoms with van der Waals surface area (Å²) in [4.78, 5) is 11.1. The lowest BCUT2D eigenvalue weighted by Gasteiger charge is -2.18. The Morgan fingerprint density at radius 3 is 3.00 bits per heavy atom. The molecule has 1 atom stereocenters. The first-order valence-corrected chi connectivity index (χ1v) is 6.50. The second kappa shape index (κ2) is 4.96. The number of fused-ring (bicyclic) bond motifs is 1. The van der Waals surface area contributed by atoms with Crippen LogP contribution in [0.25, 0.3) is 5.69 Å². The quantitative estimate of drug-likeness (QED) is 0.916. The number of carboxylic acid groups (broad SMARTS) is 1. The first-order valence-electron chi connectivity index (χ1n) is 6.50. The largest absolute Gasteiger partial charge is 0.494 e. The van der Waals surface area contributed by atoms with Crippen molar-refractivity contribution < 1.29 is 14.6 Å². The highest BCUT2D eigenvalue weighted by molar-refractivity contribution is 5.70. The molecule has 3 rings (SSSR count). The highest BCUT2D eigenvalue weighted by atomic mass is 16.5. The first-order chi connectivity index (χ1) is 9.70. The summed E-state index contributed by atoms with van der Waals surface area (Å²) in [5, 5.41) is 17.4. The molecule has 0 fully saturated rings. The number of para-hydroxylation sites is 2. The minimum absolute atomic E-state index is 0.356. The number of hydrogen-bond donors (Lipinski definition) is 1. The predicted octanol–water partition coefficient (Wildman–Crippen LogP) is 1.47. The van der Waals surface area contributed by atoms with Crippen LogP contribution in [0, 0.1) is 5.92 Å². The van der Waals surface area contributed by atoms with Crippen molar-refractivity contribution in [3.05, 3.63) is 35.7 Å². The van der Waals surface area contributed by atoms with Crippen LogP contribution in [-0.2, 0) is 17.6 Å². The zero-order valence-electron chi connectivity index (χ0n) is 11.1. The van der Waals surface area contributed by atoms with Gasteiger partial charge in [-0.2, -0.15) is 0 Å². The molecule has 0 bridgehead atoms. The maximum Gasteiger partial charge on any atom is 0.306 e. The molecule has 1 aromatic heterocycles. The molecule has 1 aromatic carbocycles. The number of rotatable bonds is 3. The van der Waals surface area contributed by atoms with Gasteiger partial charge in [-0.3, -0.25) is 4.79 Å². The summed E-state index contributed by atoms with van der Waals surface area (Å²) >= 11 is 0. The Morgan fingerprint density at radius 2 is 2.25 bits per heavy atom. The Hall–Kier alpha value is -2.37. The Morgan fingerprint density at radius 1 is 1.45 bits per heavy atom. The van der Waals surface area contributed by atoms with Crippen molar-refractivity contribution in [2.75, 3.05) is 7.11 Å². The monoisotopic (exact) mass is 273 g/mol. The predicted molar refractivity (Wildman–Crippen MR) is 71.1 cm³/mol. The van der Waals surface area contributed by atoms with Gasteiger partial charge in [0.25, 0.3) is 0 Å². The number of hydrogen-bond acceptors (Lipinski definition) is 4. The van der Waals surface area contributed by atoms with Crippen molar-refractivity contribution in [2.45, 2.75) is 19.3 Å². The van der Waals surface area contributed by atoms with E-state index in [-0.39, 0.29) is 5.92 Å². The van der Waals surface area contributed by atoms with Gasteiger partial charge < -0.3 is 9.84 Å². The highest BCUT2D eigenvalue weighted by Crippen LogP contribution is 2.29. The van der Waals surface area contributed by atoms with Gasteiger partial charge in [0.2, 0.25) is 0 Å². The zero-order valence-corrected chi connectivity index (χ0v) is 11.1. The smallest absolute Gasteiger partial charge is 0.306 e. The third-order valence-electron chi connectivity index (χ3n) is 3.68. The standard InChI is InChI=1S/C14H15N3O3/c1-20-13-5-3-2-4-12(13)17-11-7-6-9(14(18)19)8-10(11)15-16-17/h2-5,9H,6-8H2,1H3,(H,18,19). The third kappa shape index (κ3) is 2.03. The van der Waals surface area contributed by atoms with Crippen LogP contribution in [-0.4, -0.2) is 33.2 Å². The molecule has 1 N–H and O–H groups in total. The van der Waals surface area contributed by atoms with Gasteiger partial charge in [0, 0.05) is 6.42 Å². The summed E-state index contributed by atoms with van der Waals surface area (Å²) in [7, 11) is 1.61. The van der Waals surface area contributed by atoms with Gasteiger partial charge in [-0.25, -0.2) is 4.68 Å². The number of carbonyl (C=O) groups is 1. The topological polar surface area (TPSA) is 77.2 Å². The molecule has 0 saturated heterocycles. The van der Waals surface area contributed by atoms with Crippen molar-refractivity contribution in [1.29, 1.82) is 0 Å². The fourth-order valence-corrected chi connectivity index (χ4v) is 2.60. The van der Waals surface area contributed by atoms with E-state index in [1.54, 1.807) is 11.8 Å². The van der Waals surface area contributed by atoms with Crippen LogP contribution in [0.2, 0.25) is 0 Å². The van der Waals surface area contributed by atoms with Crippen LogP contribution >= 0.6 is 0 Å². The molecule has 104 valence electrons. The minimum Gasteiger partial charge on any atom is -0.494 e. The molecule has 0 aliphatic heterocycles. The van der Waals surface area contributed by atoms with E-state index in [4.69, 9.17) is 9.84 Å². The summed E-state index contributed by atoms with van der Waals surface area (Å²) in [5.41, 5.74) is 2.58. The van der Waals surface area contributed by atoms with Crippen molar-refractivity contribution in [3.8, 4) is 11.4 Å². The van der Waals surface area contributed by atoms with E-state index in [1.807, 2.05) is 24.3 Å². The molecule has 6 nitrogen and oxygen atoms in total. The Balaban J connectivity index is 2.00. The van der Waals surface area contributed by atoms with Gasteiger partial charge in [-0.05, 0) is 25.0 Å². The molecule has 2 aromatic rings. The molecule has 20 heavy (non-hydrogen) atoms. The van der Waals surface area contributed by atoms with Crippen LogP contribution < -0.4 is 4.74 Å². The van der Waals surface area contributed by atoms with Gasteiger partial charge in [-0.1, -0.05) is 17.3 Å². The lowest BCUT2D eigenvalue weighted by atomic mass is 9.90. The fourth-order valence-electron chi connectivity index (χ4n) is 2.60. The van der Waals surface area contributed by atoms with E-state index in [0.717, 1.165) is 22.8 Å². The lowest BCUT2D eigenvalue weighted by Crippen LogP contribution is -2.23. The number of methoxy groups -OCH3 is 1. The zero-order chi connectivity index (χ0) is 14.1. The molecule has 1 aliphatic carbocycles. The van der Waals surface area contributed by atoms with Gasteiger partial charge >= 0.3 is 5.97 Å². The molecule has 1 aliphatic rings. The second-order valence-electron chi connectivity index (χ2n) is 4.84. The molecule has 1 unspecified atom stereocenters.